The molecule has 1 fully saturated rings. The minimum Gasteiger partial charge on any atom is -0.395 e. The zero-order valence-electron chi connectivity index (χ0n) is 10.9. The van der Waals surface area contributed by atoms with E-state index in [1.807, 2.05) is 0 Å². The largest absolute Gasteiger partial charge is 0.395 e. The van der Waals surface area contributed by atoms with Crippen molar-refractivity contribution in [3.8, 4) is 11.8 Å². The van der Waals surface area contributed by atoms with Crippen molar-refractivity contribution in [1.82, 2.24) is 10.6 Å². The molecule has 1 unspecified atom stereocenters. The van der Waals surface area contributed by atoms with Gasteiger partial charge in [-0.05, 0) is 18.6 Å². The highest BCUT2D eigenvalue weighted by Crippen LogP contribution is 2.15. The van der Waals surface area contributed by atoms with Crippen molar-refractivity contribution >= 4 is 23.2 Å². The van der Waals surface area contributed by atoms with Crippen molar-refractivity contribution < 1.29 is 14.7 Å². The maximum atomic E-state index is 11.9. The number of rotatable bonds is 4. The van der Waals surface area contributed by atoms with Gasteiger partial charge in [0.25, 0.3) is 5.91 Å². The van der Waals surface area contributed by atoms with Gasteiger partial charge in [0.15, 0.2) is 0 Å². The van der Waals surface area contributed by atoms with E-state index < -0.39 is 0 Å². The van der Waals surface area contributed by atoms with Gasteiger partial charge in [0.1, 0.15) is 0 Å². The summed E-state index contributed by atoms with van der Waals surface area (Å²) in [6.45, 7) is 0.493. The van der Waals surface area contributed by atoms with Crippen LogP contribution in [0.15, 0.2) is 12.1 Å². The summed E-state index contributed by atoms with van der Waals surface area (Å²) in [6.07, 6.45) is 1.73. The first kappa shape index (κ1) is 14.6. The number of aliphatic hydroxyl groups excluding tert-OH is 1. The van der Waals surface area contributed by atoms with Gasteiger partial charge in [-0.1, -0.05) is 11.8 Å². The molecule has 0 radical (unpaired) electrons. The van der Waals surface area contributed by atoms with Gasteiger partial charge in [0, 0.05) is 25.4 Å². The quantitative estimate of drug-likeness (QED) is 0.707. The Balaban J connectivity index is 1.83. The fourth-order valence-electron chi connectivity index (χ4n) is 1.87. The molecule has 1 aromatic heterocycles. The summed E-state index contributed by atoms with van der Waals surface area (Å²) < 4.78 is 0. The summed E-state index contributed by atoms with van der Waals surface area (Å²) in [5.41, 5.74) is 0. The van der Waals surface area contributed by atoms with Crippen molar-refractivity contribution in [3.63, 3.8) is 0 Å². The number of hydrogen-bond acceptors (Lipinski definition) is 4. The number of nitrogens with one attached hydrogen (secondary N) is 2. The van der Waals surface area contributed by atoms with Crippen LogP contribution in [0.5, 0.6) is 0 Å². The fourth-order valence-corrected chi connectivity index (χ4v) is 2.66. The number of carbonyl (C=O) groups is 2. The van der Waals surface area contributed by atoms with E-state index in [1.165, 1.54) is 11.3 Å². The summed E-state index contributed by atoms with van der Waals surface area (Å²) in [6, 6.07) is 3.56. The second kappa shape index (κ2) is 7.08. The number of aliphatic hydroxyl groups is 1. The third kappa shape index (κ3) is 4.08. The molecule has 20 heavy (non-hydrogen) atoms. The molecule has 0 bridgehead atoms. The number of carbonyl (C=O) groups excluding carboxylic acids is 2. The Morgan fingerprint density at radius 1 is 1.55 bits per heavy atom. The first-order valence-electron chi connectivity index (χ1n) is 6.46. The minimum absolute atomic E-state index is 0.0372. The summed E-state index contributed by atoms with van der Waals surface area (Å²) in [4.78, 5) is 24.4. The van der Waals surface area contributed by atoms with E-state index in [4.69, 9.17) is 5.11 Å². The molecule has 6 heteroatoms. The summed E-state index contributed by atoms with van der Waals surface area (Å²) in [5.74, 6) is 5.61. The predicted octanol–water partition coefficient (Wildman–Crippen LogP) is 0.490. The third-order valence-corrected chi connectivity index (χ3v) is 3.87. The van der Waals surface area contributed by atoms with Crippen molar-refractivity contribution in [3.05, 3.63) is 21.9 Å². The molecular weight excluding hydrogens is 276 g/mol. The molecular formula is C14H16N2O3S. The van der Waals surface area contributed by atoms with Crippen LogP contribution in [0.25, 0.3) is 0 Å². The predicted molar refractivity (Wildman–Crippen MR) is 76.4 cm³/mol. The lowest BCUT2D eigenvalue weighted by Gasteiger charge is -2.10. The molecule has 106 valence electrons. The Labute approximate surface area is 121 Å². The molecule has 2 amide bonds. The van der Waals surface area contributed by atoms with Gasteiger partial charge in [0.2, 0.25) is 5.91 Å². The third-order valence-electron chi connectivity index (χ3n) is 2.87. The lowest BCUT2D eigenvalue weighted by molar-refractivity contribution is -0.119. The van der Waals surface area contributed by atoms with Gasteiger partial charge < -0.3 is 15.7 Å². The van der Waals surface area contributed by atoms with Crippen LogP contribution in [-0.4, -0.2) is 36.1 Å². The van der Waals surface area contributed by atoms with Crippen LogP contribution in [0.4, 0.5) is 0 Å². The zero-order valence-corrected chi connectivity index (χ0v) is 11.8. The lowest BCUT2D eigenvalue weighted by atomic mass is 10.2. The monoisotopic (exact) mass is 292 g/mol. The van der Waals surface area contributed by atoms with Crippen LogP contribution in [-0.2, 0) is 4.79 Å². The average molecular weight is 292 g/mol. The molecule has 2 heterocycles. The number of hydrogen-bond donors (Lipinski definition) is 3. The normalized spacial score (nSPS) is 17.2. The van der Waals surface area contributed by atoms with Crippen molar-refractivity contribution in [2.24, 2.45) is 0 Å². The molecule has 1 aromatic rings. The number of amides is 2. The second-order valence-corrected chi connectivity index (χ2v) is 5.54. The van der Waals surface area contributed by atoms with E-state index in [2.05, 4.69) is 22.5 Å². The SMILES string of the molecule is O=C1CCC(CNC(=O)c2ccc(C#CCCO)s2)N1. The lowest BCUT2D eigenvalue weighted by Crippen LogP contribution is -2.38. The standard InChI is InChI=1S/C14H16N2O3S/c17-8-2-1-3-11-5-6-12(20-11)14(19)15-9-10-4-7-13(18)16-10/h5-6,10,17H,2,4,7-9H2,(H,15,19)(H,16,18). The summed E-state index contributed by atoms with van der Waals surface area (Å²) in [5, 5.41) is 14.3. The zero-order chi connectivity index (χ0) is 14.4. The topological polar surface area (TPSA) is 78.4 Å². The van der Waals surface area contributed by atoms with E-state index in [0.717, 1.165) is 11.3 Å². The molecule has 0 aliphatic carbocycles. The van der Waals surface area contributed by atoms with E-state index in [-0.39, 0.29) is 24.5 Å². The van der Waals surface area contributed by atoms with Crippen LogP contribution in [0, 0.1) is 11.8 Å². The molecule has 1 aliphatic heterocycles. The second-order valence-electron chi connectivity index (χ2n) is 4.45. The maximum Gasteiger partial charge on any atom is 0.261 e. The highest BCUT2D eigenvalue weighted by molar-refractivity contribution is 7.14. The highest BCUT2D eigenvalue weighted by atomic mass is 32.1. The Hall–Kier alpha value is -1.84. The Morgan fingerprint density at radius 3 is 3.10 bits per heavy atom. The fraction of sp³-hybridized carbons (Fsp3) is 0.429. The molecule has 0 aromatic carbocycles. The highest BCUT2D eigenvalue weighted by Gasteiger charge is 2.21. The summed E-state index contributed by atoms with van der Waals surface area (Å²) in [7, 11) is 0. The van der Waals surface area contributed by atoms with Gasteiger partial charge in [-0.3, -0.25) is 9.59 Å². The molecule has 1 saturated heterocycles. The van der Waals surface area contributed by atoms with Crippen molar-refractivity contribution in [1.29, 1.82) is 0 Å². The van der Waals surface area contributed by atoms with Gasteiger partial charge in [-0.15, -0.1) is 11.3 Å². The maximum absolute atomic E-state index is 11.9. The van der Waals surface area contributed by atoms with Crippen LogP contribution in [0.3, 0.4) is 0 Å². The molecule has 2 rings (SSSR count). The molecule has 3 N–H and O–H groups in total. The molecule has 0 saturated carbocycles. The van der Waals surface area contributed by atoms with E-state index in [9.17, 15) is 9.59 Å². The minimum atomic E-state index is -0.147. The molecule has 0 spiro atoms. The Kier molecular flexibility index (Phi) is 5.16. The van der Waals surface area contributed by atoms with E-state index in [0.29, 0.717) is 24.3 Å². The first-order chi connectivity index (χ1) is 9.69. The van der Waals surface area contributed by atoms with Gasteiger partial charge in [0.05, 0.1) is 16.4 Å². The van der Waals surface area contributed by atoms with Gasteiger partial charge in [-0.25, -0.2) is 0 Å². The van der Waals surface area contributed by atoms with E-state index >= 15 is 0 Å². The van der Waals surface area contributed by atoms with E-state index in [1.54, 1.807) is 12.1 Å². The molecule has 1 aliphatic rings. The van der Waals surface area contributed by atoms with Crippen molar-refractivity contribution in [2.45, 2.75) is 25.3 Å². The average Bonchev–Trinajstić information content (AvgIpc) is 3.06. The van der Waals surface area contributed by atoms with Crippen LogP contribution in [0.2, 0.25) is 0 Å². The van der Waals surface area contributed by atoms with Crippen LogP contribution < -0.4 is 10.6 Å². The summed E-state index contributed by atoms with van der Waals surface area (Å²) >= 11 is 1.32. The van der Waals surface area contributed by atoms with Crippen LogP contribution >= 0.6 is 11.3 Å². The van der Waals surface area contributed by atoms with Gasteiger partial charge in [-0.2, -0.15) is 0 Å². The number of thiophene rings is 1. The van der Waals surface area contributed by atoms with Crippen LogP contribution in [0.1, 0.15) is 33.8 Å². The first-order valence-corrected chi connectivity index (χ1v) is 7.28. The Bertz CT molecular complexity index is 556. The van der Waals surface area contributed by atoms with Crippen molar-refractivity contribution in [2.75, 3.05) is 13.2 Å². The Morgan fingerprint density at radius 2 is 2.40 bits per heavy atom. The smallest absolute Gasteiger partial charge is 0.261 e. The molecule has 5 nitrogen and oxygen atoms in total. The van der Waals surface area contributed by atoms with Gasteiger partial charge >= 0.3 is 0 Å². The molecule has 1 atom stereocenters.